The summed E-state index contributed by atoms with van der Waals surface area (Å²) in [6.07, 6.45) is 2.10. The number of hydrogen-bond acceptors (Lipinski definition) is 3. The molecule has 0 aliphatic heterocycles. The predicted octanol–water partition coefficient (Wildman–Crippen LogP) is 3.17. The van der Waals surface area contributed by atoms with Crippen molar-refractivity contribution >= 4 is 17.7 Å². The van der Waals surface area contributed by atoms with E-state index in [1.54, 1.807) is 19.2 Å². The maximum absolute atomic E-state index is 13.6. The summed E-state index contributed by atoms with van der Waals surface area (Å²) >= 11 is 1.81. The molecule has 1 aromatic rings. The quantitative estimate of drug-likeness (QED) is 0.563. The third-order valence-corrected chi connectivity index (χ3v) is 4.66. The lowest BCUT2D eigenvalue weighted by atomic mass is 10.1. The molecule has 0 saturated heterocycles. The van der Waals surface area contributed by atoms with Gasteiger partial charge < -0.3 is 15.4 Å². The lowest BCUT2D eigenvalue weighted by Crippen LogP contribution is -2.43. The molecule has 23 heavy (non-hydrogen) atoms. The zero-order valence-electron chi connectivity index (χ0n) is 14.7. The number of aliphatic imine (C=N–C) groups is 1. The number of halogens is 1. The highest BCUT2D eigenvalue weighted by molar-refractivity contribution is 7.99. The van der Waals surface area contributed by atoms with Crippen molar-refractivity contribution < 1.29 is 9.13 Å². The summed E-state index contributed by atoms with van der Waals surface area (Å²) in [5.41, 5.74) is 1.52. The Morgan fingerprint density at radius 2 is 2.09 bits per heavy atom. The molecule has 0 atom stereocenters. The van der Waals surface area contributed by atoms with Crippen molar-refractivity contribution in [1.29, 1.82) is 0 Å². The van der Waals surface area contributed by atoms with E-state index in [0.29, 0.717) is 12.1 Å². The van der Waals surface area contributed by atoms with Crippen molar-refractivity contribution in [1.82, 2.24) is 10.6 Å². The number of ether oxygens (including phenoxy) is 1. The number of methoxy groups -OCH3 is 1. The highest BCUT2D eigenvalue weighted by Crippen LogP contribution is 2.19. The summed E-state index contributed by atoms with van der Waals surface area (Å²) < 4.78 is 18.8. The maximum Gasteiger partial charge on any atom is 0.191 e. The Bertz CT molecular complexity index is 521. The van der Waals surface area contributed by atoms with E-state index < -0.39 is 0 Å². The van der Waals surface area contributed by atoms with Crippen molar-refractivity contribution in [3.05, 3.63) is 35.1 Å². The lowest BCUT2D eigenvalue weighted by molar-refractivity contribution is 0.181. The van der Waals surface area contributed by atoms with E-state index in [2.05, 4.69) is 35.7 Å². The molecule has 0 aromatic heterocycles. The van der Waals surface area contributed by atoms with Crippen molar-refractivity contribution in [3.63, 3.8) is 0 Å². The van der Waals surface area contributed by atoms with E-state index in [1.807, 2.05) is 18.7 Å². The van der Waals surface area contributed by atoms with E-state index in [9.17, 15) is 4.39 Å². The van der Waals surface area contributed by atoms with E-state index in [1.165, 1.54) is 6.07 Å². The van der Waals surface area contributed by atoms with Gasteiger partial charge in [-0.3, -0.25) is 0 Å². The summed E-state index contributed by atoms with van der Waals surface area (Å²) in [5.74, 6) is 0.526. The van der Waals surface area contributed by atoms with Gasteiger partial charge in [0.05, 0.1) is 13.2 Å². The molecule has 0 aliphatic carbocycles. The highest BCUT2D eigenvalue weighted by Gasteiger charge is 2.16. The topological polar surface area (TPSA) is 45.7 Å². The Morgan fingerprint density at radius 3 is 2.70 bits per heavy atom. The largest absolute Gasteiger partial charge is 0.380 e. The van der Waals surface area contributed by atoms with Gasteiger partial charge in [-0.25, -0.2) is 9.38 Å². The Balaban J connectivity index is 2.75. The number of nitrogens with one attached hydrogen (secondary N) is 2. The van der Waals surface area contributed by atoms with Crippen molar-refractivity contribution in [3.8, 4) is 0 Å². The minimum atomic E-state index is -0.244. The molecule has 0 fully saturated rings. The van der Waals surface area contributed by atoms with E-state index in [-0.39, 0.29) is 17.2 Å². The van der Waals surface area contributed by atoms with Crippen LogP contribution in [0.4, 0.5) is 4.39 Å². The standard InChI is InChI=1S/C17H28FN3OS/c1-6-19-16(21-12-17(2,3)23-5)20-10-13-7-8-15(18)14(9-13)11-22-4/h7-9H,6,10-12H2,1-5H3,(H2,19,20,21). The van der Waals surface area contributed by atoms with Crippen LogP contribution in [0.2, 0.25) is 0 Å². The summed E-state index contributed by atoms with van der Waals surface area (Å²) in [6, 6.07) is 5.03. The average molecular weight is 341 g/mol. The van der Waals surface area contributed by atoms with Gasteiger partial charge in [0.1, 0.15) is 5.82 Å². The zero-order valence-corrected chi connectivity index (χ0v) is 15.5. The lowest BCUT2D eigenvalue weighted by Gasteiger charge is -2.23. The number of rotatable bonds is 8. The summed E-state index contributed by atoms with van der Waals surface area (Å²) in [4.78, 5) is 4.57. The smallest absolute Gasteiger partial charge is 0.191 e. The van der Waals surface area contributed by atoms with Crippen LogP contribution in [-0.4, -0.2) is 37.2 Å². The second kappa shape index (κ2) is 9.78. The first-order valence-corrected chi connectivity index (χ1v) is 8.98. The molecule has 0 amide bonds. The summed E-state index contributed by atoms with van der Waals surface area (Å²) in [7, 11) is 1.56. The molecule has 0 unspecified atom stereocenters. The van der Waals surface area contributed by atoms with E-state index >= 15 is 0 Å². The number of hydrogen-bond donors (Lipinski definition) is 2. The second-order valence-corrected chi connectivity index (χ2v) is 7.38. The fraction of sp³-hybridized carbons (Fsp3) is 0.588. The van der Waals surface area contributed by atoms with Crippen LogP contribution in [0.3, 0.4) is 0 Å². The van der Waals surface area contributed by atoms with Crippen LogP contribution >= 0.6 is 11.8 Å². The fourth-order valence-electron chi connectivity index (χ4n) is 1.87. The maximum atomic E-state index is 13.6. The molecule has 0 aliphatic rings. The molecule has 1 aromatic carbocycles. The van der Waals surface area contributed by atoms with Crippen LogP contribution in [0, 0.1) is 5.82 Å². The number of benzene rings is 1. The van der Waals surface area contributed by atoms with Gasteiger partial charge in [-0.15, -0.1) is 0 Å². The Hall–Kier alpha value is -1.27. The number of guanidine groups is 1. The number of thioether (sulfide) groups is 1. The predicted molar refractivity (Wildman–Crippen MR) is 97.5 cm³/mol. The van der Waals surface area contributed by atoms with Crippen LogP contribution in [-0.2, 0) is 17.9 Å². The van der Waals surface area contributed by atoms with Crippen LogP contribution < -0.4 is 10.6 Å². The fourth-order valence-corrected chi connectivity index (χ4v) is 2.09. The zero-order chi connectivity index (χ0) is 17.3. The third kappa shape index (κ3) is 7.22. The molecule has 0 spiro atoms. The van der Waals surface area contributed by atoms with Gasteiger partial charge in [0.15, 0.2) is 5.96 Å². The van der Waals surface area contributed by atoms with Crippen molar-refractivity contribution in [2.24, 2.45) is 4.99 Å². The van der Waals surface area contributed by atoms with Gasteiger partial charge in [-0.1, -0.05) is 6.07 Å². The SMILES string of the molecule is CCNC(=NCc1ccc(F)c(COC)c1)NCC(C)(C)SC. The van der Waals surface area contributed by atoms with Crippen molar-refractivity contribution in [2.75, 3.05) is 26.5 Å². The normalized spacial score (nSPS) is 12.3. The molecule has 0 saturated carbocycles. The van der Waals surface area contributed by atoms with E-state index in [4.69, 9.17) is 4.74 Å². The monoisotopic (exact) mass is 341 g/mol. The average Bonchev–Trinajstić information content (AvgIpc) is 2.53. The molecule has 130 valence electrons. The third-order valence-electron chi connectivity index (χ3n) is 3.41. The molecule has 6 heteroatoms. The first-order chi connectivity index (χ1) is 10.9. The molecular formula is C17H28FN3OS. The minimum absolute atomic E-state index is 0.137. The van der Waals surface area contributed by atoms with Gasteiger partial charge in [0.25, 0.3) is 0 Å². The molecule has 2 N–H and O–H groups in total. The highest BCUT2D eigenvalue weighted by atomic mass is 32.2. The van der Waals surface area contributed by atoms with Crippen LogP contribution in [0.5, 0.6) is 0 Å². The van der Waals surface area contributed by atoms with Gasteiger partial charge in [-0.05, 0) is 44.7 Å². The van der Waals surface area contributed by atoms with Gasteiger partial charge in [-0.2, -0.15) is 11.8 Å². The summed E-state index contributed by atoms with van der Waals surface area (Å²) in [6.45, 7) is 8.78. The van der Waals surface area contributed by atoms with Gasteiger partial charge in [0, 0.05) is 30.5 Å². The van der Waals surface area contributed by atoms with Crippen LogP contribution in [0.1, 0.15) is 31.9 Å². The molecule has 0 bridgehead atoms. The molecule has 0 heterocycles. The molecular weight excluding hydrogens is 313 g/mol. The van der Waals surface area contributed by atoms with Crippen molar-refractivity contribution in [2.45, 2.75) is 38.7 Å². The Labute approximate surface area is 143 Å². The Morgan fingerprint density at radius 1 is 1.35 bits per heavy atom. The second-order valence-electron chi connectivity index (χ2n) is 5.87. The molecule has 1 rings (SSSR count). The van der Waals surface area contributed by atoms with E-state index in [0.717, 1.165) is 24.6 Å². The van der Waals surface area contributed by atoms with Gasteiger partial charge in [0.2, 0.25) is 0 Å². The number of nitrogens with zero attached hydrogens (tertiary/aromatic N) is 1. The van der Waals surface area contributed by atoms with Gasteiger partial charge >= 0.3 is 0 Å². The first kappa shape index (κ1) is 19.8. The minimum Gasteiger partial charge on any atom is -0.380 e. The van der Waals surface area contributed by atoms with Crippen LogP contribution in [0.25, 0.3) is 0 Å². The first-order valence-electron chi connectivity index (χ1n) is 7.75. The Kier molecular flexibility index (Phi) is 8.41. The molecule has 4 nitrogen and oxygen atoms in total. The summed E-state index contributed by atoms with van der Waals surface area (Å²) in [5, 5.41) is 6.58. The molecule has 0 radical (unpaired) electrons. The van der Waals surface area contributed by atoms with Crippen LogP contribution in [0.15, 0.2) is 23.2 Å².